The quantitative estimate of drug-likeness (QED) is 0.940. The Balaban J connectivity index is 2.54. The fourth-order valence-electron chi connectivity index (χ4n) is 1.79. The third-order valence-corrected chi connectivity index (χ3v) is 2.98. The number of benzene rings is 1. The second-order valence-corrected chi connectivity index (χ2v) is 4.68. The molecule has 0 bridgehead atoms. The highest BCUT2D eigenvalue weighted by molar-refractivity contribution is 6.30. The molecular formula is C14H14ClN3O2. The van der Waals surface area contributed by atoms with Crippen LogP contribution in [0.15, 0.2) is 35.1 Å². The van der Waals surface area contributed by atoms with Crippen molar-refractivity contribution >= 4 is 17.5 Å². The Bertz CT molecular complexity index is 693. The maximum atomic E-state index is 11.8. The van der Waals surface area contributed by atoms with E-state index in [0.717, 1.165) is 5.69 Å². The van der Waals surface area contributed by atoms with E-state index < -0.39 is 11.3 Å². The minimum Gasteiger partial charge on any atom is -0.351 e. The number of halogens is 1. The molecule has 2 aromatic rings. The topological polar surface area (TPSA) is 64.0 Å². The molecule has 0 saturated carbocycles. The second-order valence-electron chi connectivity index (χ2n) is 4.25. The first kappa shape index (κ1) is 14.3. The summed E-state index contributed by atoms with van der Waals surface area (Å²) in [5.41, 5.74) is 0.869. The first-order chi connectivity index (χ1) is 9.52. The number of hydrogen-bond donors (Lipinski definition) is 1. The normalized spacial score (nSPS) is 10.3. The molecule has 0 aliphatic carbocycles. The number of carbonyl (C=O) groups is 1. The third-order valence-electron chi connectivity index (χ3n) is 2.73. The summed E-state index contributed by atoms with van der Waals surface area (Å²) in [6, 6.07) is 8.39. The molecule has 1 heterocycles. The van der Waals surface area contributed by atoms with Crippen LogP contribution in [0, 0.1) is 6.92 Å². The largest absolute Gasteiger partial charge is 0.351 e. The van der Waals surface area contributed by atoms with Crippen molar-refractivity contribution in [1.82, 2.24) is 15.1 Å². The Kier molecular flexibility index (Phi) is 4.20. The van der Waals surface area contributed by atoms with Gasteiger partial charge >= 0.3 is 0 Å². The lowest BCUT2D eigenvalue weighted by Crippen LogP contribution is -2.31. The molecule has 104 valence electrons. The number of amides is 1. The third kappa shape index (κ3) is 2.88. The fraction of sp³-hybridized carbons (Fsp3) is 0.214. The van der Waals surface area contributed by atoms with Crippen LogP contribution in [0.25, 0.3) is 5.69 Å². The summed E-state index contributed by atoms with van der Waals surface area (Å²) in [5, 5.41) is 7.32. The zero-order valence-corrected chi connectivity index (χ0v) is 11.9. The van der Waals surface area contributed by atoms with E-state index in [0.29, 0.717) is 17.3 Å². The maximum absolute atomic E-state index is 11.8. The van der Waals surface area contributed by atoms with Crippen LogP contribution in [0.2, 0.25) is 5.02 Å². The van der Waals surface area contributed by atoms with Crippen molar-refractivity contribution in [2.75, 3.05) is 6.54 Å². The maximum Gasteiger partial charge on any atom is 0.275 e. The van der Waals surface area contributed by atoms with Gasteiger partial charge in [-0.2, -0.15) is 5.10 Å². The molecule has 1 amide bonds. The summed E-state index contributed by atoms with van der Waals surface area (Å²) in [7, 11) is 0. The molecule has 0 fully saturated rings. The number of rotatable bonds is 3. The lowest BCUT2D eigenvalue weighted by Gasteiger charge is -2.11. The summed E-state index contributed by atoms with van der Waals surface area (Å²) in [6.07, 6.45) is 0. The average Bonchev–Trinajstić information content (AvgIpc) is 2.40. The van der Waals surface area contributed by atoms with Gasteiger partial charge in [0.1, 0.15) is 0 Å². The van der Waals surface area contributed by atoms with Gasteiger partial charge in [0.15, 0.2) is 5.69 Å². The van der Waals surface area contributed by atoms with Gasteiger partial charge in [-0.15, -0.1) is 0 Å². The van der Waals surface area contributed by atoms with Gasteiger partial charge in [-0.05, 0) is 38.1 Å². The minimum atomic E-state index is -0.472. The highest BCUT2D eigenvalue weighted by Crippen LogP contribution is 2.13. The molecule has 6 heteroatoms. The van der Waals surface area contributed by atoms with E-state index in [2.05, 4.69) is 10.4 Å². The number of nitrogens with zero attached hydrogens (tertiary/aromatic N) is 2. The van der Waals surface area contributed by atoms with Gasteiger partial charge < -0.3 is 5.32 Å². The van der Waals surface area contributed by atoms with E-state index in [4.69, 9.17) is 11.6 Å². The molecule has 1 aromatic heterocycles. The van der Waals surface area contributed by atoms with Crippen LogP contribution in [-0.4, -0.2) is 22.2 Å². The molecule has 0 radical (unpaired) electrons. The predicted octanol–water partition coefficient (Wildman–Crippen LogP) is 1.94. The van der Waals surface area contributed by atoms with Crippen LogP contribution in [0.4, 0.5) is 0 Å². The molecule has 20 heavy (non-hydrogen) atoms. The zero-order chi connectivity index (χ0) is 14.7. The Morgan fingerprint density at radius 3 is 2.60 bits per heavy atom. The molecule has 0 aliphatic heterocycles. The van der Waals surface area contributed by atoms with Crippen LogP contribution in [-0.2, 0) is 0 Å². The molecule has 1 aromatic carbocycles. The van der Waals surface area contributed by atoms with Crippen LogP contribution in [0.5, 0.6) is 0 Å². The second kappa shape index (κ2) is 5.88. The van der Waals surface area contributed by atoms with Gasteiger partial charge in [-0.3, -0.25) is 9.59 Å². The lowest BCUT2D eigenvalue weighted by molar-refractivity contribution is 0.0948. The van der Waals surface area contributed by atoms with E-state index in [1.807, 2.05) is 0 Å². The molecule has 0 aliphatic rings. The number of aryl methyl sites for hydroxylation is 1. The minimum absolute atomic E-state index is 0.118. The van der Waals surface area contributed by atoms with E-state index in [9.17, 15) is 9.59 Å². The smallest absolute Gasteiger partial charge is 0.275 e. The number of nitrogens with one attached hydrogen (secondary N) is 1. The van der Waals surface area contributed by atoms with Gasteiger partial charge in [-0.1, -0.05) is 11.6 Å². The summed E-state index contributed by atoms with van der Waals surface area (Å²) in [5.74, 6) is -0.472. The van der Waals surface area contributed by atoms with Gasteiger partial charge in [0.05, 0.1) is 5.69 Å². The summed E-state index contributed by atoms with van der Waals surface area (Å²) < 4.78 is 1.54. The van der Waals surface area contributed by atoms with Crippen molar-refractivity contribution in [3.8, 4) is 5.69 Å². The van der Waals surface area contributed by atoms with Gasteiger partial charge in [0.2, 0.25) is 5.43 Å². The molecule has 1 N–H and O–H groups in total. The van der Waals surface area contributed by atoms with E-state index in [1.54, 1.807) is 42.8 Å². The predicted molar refractivity (Wildman–Crippen MR) is 77.6 cm³/mol. The summed E-state index contributed by atoms with van der Waals surface area (Å²) in [4.78, 5) is 23.6. The molecule has 0 atom stereocenters. The Morgan fingerprint density at radius 2 is 2.00 bits per heavy atom. The Hall–Kier alpha value is -2.14. The van der Waals surface area contributed by atoms with Crippen LogP contribution in [0.3, 0.4) is 0 Å². The van der Waals surface area contributed by atoms with E-state index >= 15 is 0 Å². The van der Waals surface area contributed by atoms with Gasteiger partial charge in [0.25, 0.3) is 5.91 Å². The number of hydrogen-bond acceptors (Lipinski definition) is 3. The van der Waals surface area contributed by atoms with Crippen molar-refractivity contribution in [1.29, 1.82) is 0 Å². The fourth-order valence-corrected chi connectivity index (χ4v) is 1.92. The molecule has 0 saturated heterocycles. The van der Waals surface area contributed by atoms with Crippen molar-refractivity contribution < 1.29 is 4.79 Å². The zero-order valence-electron chi connectivity index (χ0n) is 11.2. The molecule has 0 unspecified atom stereocenters. The van der Waals surface area contributed by atoms with Crippen LogP contribution < -0.4 is 10.7 Å². The Morgan fingerprint density at radius 1 is 1.35 bits per heavy atom. The van der Waals surface area contributed by atoms with E-state index in [-0.39, 0.29) is 5.69 Å². The van der Waals surface area contributed by atoms with Crippen LogP contribution >= 0.6 is 11.6 Å². The van der Waals surface area contributed by atoms with Gasteiger partial charge in [0, 0.05) is 23.3 Å². The molecule has 5 nitrogen and oxygen atoms in total. The summed E-state index contributed by atoms with van der Waals surface area (Å²) >= 11 is 5.84. The lowest BCUT2D eigenvalue weighted by atomic mass is 10.2. The average molecular weight is 292 g/mol. The SMILES string of the molecule is CCNC(=O)c1nn(-c2ccc(Cl)cc2)c(C)cc1=O. The highest BCUT2D eigenvalue weighted by atomic mass is 35.5. The number of aromatic nitrogens is 2. The molecule has 2 rings (SSSR count). The van der Waals surface area contributed by atoms with E-state index in [1.165, 1.54) is 6.07 Å². The first-order valence-electron chi connectivity index (χ1n) is 6.18. The Labute approximate surface area is 121 Å². The summed E-state index contributed by atoms with van der Waals surface area (Å²) in [6.45, 7) is 3.98. The van der Waals surface area contributed by atoms with Crippen molar-refractivity contribution in [3.63, 3.8) is 0 Å². The van der Waals surface area contributed by atoms with Crippen molar-refractivity contribution in [2.24, 2.45) is 0 Å². The monoisotopic (exact) mass is 291 g/mol. The molecular weight excluding hydrogens is 278 g/mol. The first-order valence-corrected chi connectivity index (χ1v) is 6.56. The van der Waals surface area contributed by atoms with Crippen molar-refractivity contribution in [3.05, 3.63) is 57.0 Å². The van der Waals surface area contributed by atoms with Crippen LogP contribution in [0.1, 0.15) is 23.1 Å². The standard InChI is InChI=1S/C14H14ClN3O2/c1-3-16-14(20)13-12(19)8-9(2)18(17-13)11-6-4-10(15)5-7-11/h4-8H,3H2,1-2H3,(H,16,20). The molecule has 0 spiro atoms. The van der Waals surface area contributed by atoms with Gasteiger partial charge in [-0.25, -0.2) is 4.68 Å². The van der Waals surface area contributed by atoms with Crippen molar-refractivity contribution in [2.45, 2.75) is 13.8 Å². The highest BCUT2D eigenvalue weighted by Gasteiger charge is 2.14. The number of carbonyl (C=O) groups excluding carboxylic acids is 1.